The van der Waals surface area contributed by atoms with E-state index in [0.29, 0.717) is 6.42 Å². The van der Waals surface area contributed by atoms with E-state index in [1.165, 1.54) is 0 Å². The summed E-state index contributed by atoms with van der Waals surface area (Å²) >= 11 is 0. The molecule has 1 rings (SSSR count). The second kappa shape index (κ2) is 8.14. The van der Waals surface area contributed by atoms with Gasteiger partial charge in [0.2, 0.25) is 10.0 Å². The van der Waals surface area contributed by atoms with E-state index in [-0.39, 0.29) is 29.8 Å². The Morgan fingerprint density at radius 2 is 1.68 bits per heavy atom. The van der Waals surface area contributed by atoms with Crippen molar-refractivity contribution in [3.05, 3.63) is 29.8 Å². The normalized spacial score (nSPS) is 13.8. The van der Waals surface area contributed by atoms with Gasteiger partial charge in [0.25, 0.3) is 0 Å². The number of nitrogens with one attached hydrogen (secondary N) is 1. The molecule has 0 aliphatic rings. The Bertz CT molecular complexity index is 560. The topological polar surface area (TPSA) is 72.2 Å². The standard InChI is InChI=1S/C13H19F3N2O2S.ClH/c1-9(2)7-11(8-17)18-21(19,20)12-5-3-10(4-6-12)13(14,15)16;/h3-6,9,11,18H,7-8,17H2,1-2H3;1H. The Morgan fingerprint density at radius 1 is 1.18 bits per heavy atom. The molecule has 128 valence electrons. The largest absolute Gasteiger partial charge is 0.416 e. The van der Waals surface area contributed by atoms with Crippen LogP contribution in [0.15, 0.2) is 29.2 Å². The monoisotopic (exact) mass is 360 g/mol. The molecule has 1 aromatic carbocycles. The molecule has 0 aromatic heterocycles. The third-order valence-corrected chi connectivity index (χ3v) is 4.39. The molecule has 22 heavy (non-hydrogen) atoms. The molecule has 0 aliphatic carbocycles. The number of sulfonamides is 1. The van der Waals surface area contributed by atoms with E-state index in [0.717, 1.165) is 24.3 Å². The quantitative estimate of drug-likeness (QED) is 0.819. The minimum atomic E-state index is -4.49. The first-order valence-corrected chi connectivity index (χ1v) is 7.94. The van der Waals surface area contributed by atoms with Crippen LogP contribution in [0.5, 0.6) is 0 Å². The molecule has 1 aromatic rings. The van der Waals surface area contributed by atoms with Gasteiger partial charge in [0.15, 0.2) is 0 Å². The maximum absolute atomic E-state index is 12.4. The minimum absolute atomic E-state index is 0. The molecular formula is C13H20ClF3N2O2S. The average molecular weight is 361 g/mol. The molecule has 0 spiro atoms. The highest BCUT2D eigenvalue weighted by Crippen LogP contribution is 2.29. The second-order valence-corrected chi connectivity index (χ2v) is 6.92. The third-order valence-electron chi connectivity index (χ3n) is 2.85. The molecule has 0 saturated carbocycles. The number of hydrogen-bond acceptors (Lipinski definition) is 3. The van der Waals surface area contributed by atoms with Crippen LogP contribution in [-0.2, 0) is 16.2 Å². The number of rotatable bonds is 6. The van der Waals surface area contributed by atoms with Gasteiger partial charge in [0, 0.05) is 12.6 Å². The summed E-state index contributed by atoms with van der Waals surface area (Å²) in [5.41, 5.74) is 4.62. The van der Waals surface area contributed by atoms with Crippen LogP contribution in [0.3, 0.4) is 0 Å². The molecule has 0 fully saturated rings. The Kier molecular flexibility index (Phi) is 7.84. The van der Waals surface area contributed by atoms with Crippen LogP contribution >= 0.6 is 12.4 Å². The number of hydrogen-bond donors (Lipinski definition) is 2. The van der Waals surface area contributed by atoms with Gasteiger partial charge >= 0.3 is 6.18 Å². The number of nitrogens with two attached hydrogens (primary N) is 1. The zero-order valence-electron chi connectivity index (χ0n) is 12.2. The molecule has 0 saturated heterocycles. The summed E-state index contributed by atoms with van der Waals surface area (Å²) in [5.74, 6) is 0.244. The summed E-state index contributed by atoms with van der Waals surface area (Å²) in [6, 6.07) is 2.92. The van der Waals surface area contributed by atoms with Crippen molar-refractivity contribution in [2.45, 2.75) is 37.4 Å². The lowest BCUT2D eigenvalue weighted by atomic mass is 10.1. The van der Waals surface area contributed by atoms with Gasteiger partial charge in [-0.1, -0.05) is 13.8 Å². The summed E-state index contributed by atoms with van der Waals surface area (Å²) in [5, 5.41) is 0. The fourth-order valence-corrected chi connectivity index (χ4v) is 3.13. The highest BCUT2D eigenvalue weighted by Gasteiger charge is 2.30. The van der Waals surface area contributed by atoms with Crippen molar-refractivity contribution >= 4 is 22.4 Å². The first-order valence-electron chi connectivity index (χ1n) is 6.46. The lowest BCUT2D eigenvalue weighted by molar-refractivity contribution is -0.137. The maximum atomic E-state index is 12.4. The maximum Gasteiger partial charge on any atom is 0.416 e. The van der Waals surface area contributed by atoms with Gasteiger partial charge in [0.05, 0.1) is 10.5 Å². The Balaban J connectivity index is 0.00000441. The number of alkyl halides is 3. The molecular weight excluding hydrogens is 341 g/mol. The zero-order chi connectivity index (χ0) is 16.3. The van der Waals surface area contributed by atoms with Gasteiger partial charge in [-0.15, -0.1) is 12.4 Å². The van der Waals surface area contributed by atoms with Crippen molar-refractivity contribution in [1.82, 2.24) is 4.72 Å². The van der Waals surface area contributed by atoms with Crippen LogP contribution in [0.25, 0.3) is 0 Å². The van der Waals surface area contributed by atoms with E-state index in [1.54, 1.807) is 0 Å². The van der Waals surface area contributed by atoms with Crippen LogP contribution in [-0.4, -0.2) is 21.0 Å². The van der Waals surface area contributed by atoms with Crippen LogP contribution in [0.1, 0.15) is 25.8 Å². The molecule has 0 bridgehead atoms. The third kappa shape index (κ3) is 6.12. The highest BCUT2D eigenvalue weighted by molar-refractivity contribution is 7.89. The van der Waals surface area contributed by atoms with Gasteiger partial charge in [-0.25, -0.2) is 13.1 Å². The van der Waals surface area contributed by atoms with Gasteiger partial charge < -0.3 is 5.73 Å². The summed E-state index contributed by atoms with van der Waals surface area (Å²) < 4.78 is 63.9. The highest BCUT2D eigenvalue weighted by atomic mass is 35.5. The minimum Gasteiger partial charge on any atom is -0.329 e. The molecule has 0 amide bonds. The number of halogens is 4. The van der Waals surface area contributed by atoms with Crippen LogP contribution < -0.4 is 10.5 Å². The molecule has 4 nitrogen and oxygen atoms in total. The van der Waals surface area contributed by atoms with Crippen LogP contribution in [0.4, 0.5) is 13.2 Å². The van der Waals surface area contributed by atoms with Crippen LogP contribution in [0.2, 0.25) is 0 Å². The van der Waals surface area contributed by atoms with Crippen LogP contribution in [0, 0.1) is 5.92 Å². The van der Waals surface area contributed by atoms with Gasteiger partial charge in [-0.3, -0.25) is 0 Å². The Labute approximate surface area is 134 Å². The van der Waals surface area contributed by atoms with E-state index >= 15 is 0 Å². The molecule has 0 aliphatic heterocycles. The lowest BCUT2D eigenvalue weighted by Gasteiger charge is -2.19. The fraction of sp³-hybridized carbons (Fsp3) is 0.538. The summed E-state index contributed by atoms with van der Waals surface area (Å²) in [4.78, 5) is -0.210. The van der Waals surface area contributed by atoms with E-state index in [2.05, 4.69) is 4.72 Å². The fourth-order valence-electron chi connectivity index (χ4n) is 1.87. The average Bonchev–Trinajstić information content (AvgIpc) is 2.36. The zero-order valence-corrected chi connectivity index (χ0v) is 13.9. The molecule has 1 atom stereocenters. The molecule has 1 unspecified atom stereocenters. The van der Waals surface area contributed by atoms with Gasteiger partial charge in [-0.05, 0) is 36.6 Å². The summed E-state index contributed by atoms with van der Waals surface area (Å²) in [6.45, 7) is 3.97. The Morgan fingerprint density at radius 3 is 2.05 bits per heavy atom. The first-order chi connectivity index (χ1) is 9.56. The SMILES string of the molecule is CC(C)CC(CN)NS(=O)(=O)c1ccc(C(F)(F)F)cc1.Cl. The van der Waals surface area contributed by atoms with E-state index in [1.807, 2.05) is 13.8 Å². The predicted molar refractivity (Wildman–Crippen MR) is 81.3 cm³/mol. The van der Waals surface area contributed by atoms with E-state index in [9.17, 15) is 21.6 Å². The number of benzene rings is 1. The van der Waals surface area contributed by atoms with Crippen molar-refractivity contribution in [3.63, 3.8) is 0 Å². The van der Waals surface area contributed by atoms with Gasteiger partial charge in [0.1, 0.15) is 0 Å². The van der Waals surface area contributed by atoms with E-state index < -0.39 is 27.8 Å². The van der Waals surface area contributed by atoms with Crippen molar-refractivity contribution in [2.75, 3.05) is 6.54 Å². The van der Waals surface area contributed by atoms with E-state index in [4.69, 9.17) is 5.73 Å². The van der Waals surface area contributed by atoms with Crippen molar-refractivity contribution in [3.8, 4) is 0 Å². The first kappa shape index (κ1) is 21.2. The summed E-state index contributed by atoms with van der Waals surface area (Å²) in [6.07, 6.45) is -3.94. The van der Waals surface area contributed by atoms with Crippen molar-refractivity contribution < 1.29 is 21.6 Å². The van der Waals surface area contributed by atoms with Crippen molar-refractivity contribution in [1.29, 1.82) is 0 Å². The molecule has 0 heterocycles. The van der Waals surface area contributed by atoms with Gasteiger partial charge in [-0.2, -0.15) is 13.2 Å². The second-order valence-electron chi connectivity index (χ2n) is 5.21. The van der Waals surface area contributed by atoms with Crippen molar-refractivity contribution in [2.24, 2.45) is 11.7 Å². The molecule has 0 radical (unpaired) electrons. The lowest BCUT2D eigenvalue weighted by Crippen LogP contribution is -2.40. The molecule has 3 N–H and O–H groups in total. The predicted octanol–water partition coefficient (Wildman–Crippen LogP) is 2.78. The Hall–Kier alpha value is -0.830. The summed E-state index contributed by atoms with van der Waals surface area (Å²) in [7, 11) is -3.88. The molecule has 9 heteroatoms. The smallest absolute Gasteiger partial charge is 0.329 e.